The molecule has 1 aromatic rings. The van der Waals surface area contributed by atoms with E-state index in [1.54, 1.807) is 34.1 Å². The average Bonchev–Trinajstić information content (AvgIpc) is 2.34. The fourth-order valence-electron chi connectivity index (χ4n) is 1.78. The molecule has 110 valence electrons. The lowest BCUT2D eigenvalue weighted by Gasteiger charge is -2.24. The Hall–Kier alpha value is -1.33. The first-order chi connectivity index (χ1) is 9.23. The molecule has 1 aromatic carbocycles. The zero-order valence-corrected chi connectivity index (χ0v) is 13.8. The number of nitrogens with zero attached hydrogens (tertiary/aromatic N) is 1. The van der Waals surface area contributed by atoms with Crippen LogP contribution in [0.3, 0.4) is 0 Å². The molecule has 0 saturated heterocycles. The number of halogens is 1. The van der Waals surface area contributed by atoms with Gasteiger partial charge < -0.3 is 14.7 Å². The third-order valence-corrected chi connectivity index (χ3v) is 3.09. The Morgan fingerprint density at radius 2 is 2.15 bits per heavy atom. The normalized spacial score (nSPS) is 11.7. The highest BCUT2D eigenvalue weighted by Crippen LogP contribution is 2.24. The number of methoxy groups -OCH3 is 1. The summed E-state index contributed by atoms with van der Waals surface area (Å²) in [6.45, 7) is 3.60. The number of rotatable bonds is 5. The highest BCUT2D eigenvalue weighted by molar-refractivity contribution is 9.10. The molecule has 0 heterocycles. The van der Waals surface area contributed by atoms with Crippen LogP contribution in [-0.2, 0) is 4.79 Å². The molecule has 0 unspecified atom stereocenters. The Balaban J connectivity index is 2.82. The summed E-state index contributed by atoms with van der Waals surface area (Å²) in [5, 5.41) is 9.70. The van der Waals surface area contributed by atoms with Gasteiger partial charge >= 0.3 is 0 Å². The predicted molar refractivity (Wildman–Crippen MR) is 83.7 cm³/mol. The molecule has 1 amide bonds. The van der Waals surface area contributed by atoms with Gasteiger partial charge in [0.1, 0.15) is 5.75 Å². The van der Waals surface area contributed by atoms with Crippen LogP contribution >= 0.6 is 15.9 Å². The van der Waals surface area contributed by atoms with Crippen LogP contribution in [0.25, 0.3) is 6.08 Å². The van der Waals surface area contributed by atoms with Crippen molar-refractivity contribution < 1.29 is 14.6 Å². The second-order valence-corrected chi connectivity index (χ2v) is 6.14. The summed E-state index contributed by atoms with van der Waals surface area (Å²) >= 11 is 3.38. The van der Waals surface area contributed by atoms with E-state index < -0.39 is 5.60 Å². The zero-order valence-electron chi connectivity index (χ0n) is 12.2. The summed E-state index contributed by atoms with van der Waals surface area (Å²) in [5.74, 6) is 0.525. The number of carbonyl (C=O) groups excluding carboxylic acids is 1. The van der Waals surface area contributed by atoms with Crippen molar-refractivity contribution in [2.75, 3.05) is 20.7 Å². The highest BCUT2D eigenvalue weighted by atomic mass is 79.9. The van der Waals surface area contributed by atoms with Crippen LogP contribution in [-0.4, -0.2) is 42.2 Å². The number of likely N-dealkylation sites (N-methyl/N-ethyl adjacent to an activating group) is 1. The second-order valence-electron chi connectivity index (χ2n) is 5.23. The van der Waals surface area contributed by atoms with Gasteiger partial charge in [0.25, 0.3) is 0 Å². The maximum atomic E-state index is 12.0. The molecule has 1 rings (SSSR count). The van der Waals surface area contributed by atoms with Gasteiger partial charge in [-0.05, 0) is 38.1 Å². The number of benzene rings is 1. The van der Waals surface area contributed by atoms with Crippen LogP contribution in [0.2, 0.25) is 0 Å². The van der Waals surface area contributed by atoms with Crippen LogP contribution in [0.15, 0.2) is 28.7 Å². The van der Waals surface area contributed by atoms with Crippen molar-refractivity contribution in [1.82, 2.24) is 4.90 Å². The summed E-state index contributed by atoms with van der Waals surface area (Å²) in [6, 6.07) is 5.58. The van der Waals surface area contributed by atoms with E-state index in [1.165, 1.54) is 11.0 Å². The fraction of sp³-hybridized carbons (Fsp3) is 0.400. The van der Waals surface area contributed by atoms with Gasteiger partial charge in [-0.25, -0.2) is 0 Å². The SMILES string of the molecule is COc1ccc(Br)cc1C=CC(=O)N(C)CC(C)(C)O. The molecule has 0 atom stereocenters. The molecule has 0 aromatic heterocycles. The molecule has 0 bridgehead atoms. The van der Waals surface area contributed by atoms with Crippen LogP contribution < -0.4 is 4.74 Å². The molecular weight excluding hydrogens is 322 g/mol. The van der Waals surface area contributed by atoms with Crippen LogP contribution in [0, 0.1) is 0 Å². The van der Waals surface area contributed by atoms with Gasteiger partial charge in [0.15, 0.2) is 0 Å². The average molecular weight is 342 g/mol. The van der Waals surface area contributed by atoms with E-state index in [-0.39, 0.29) is 12.5 Å². The van der Waals surface area contributed by atoms with E-state index in [4.69, 9.17) is 4.74 Å². The topological polar surface area (TPSA) is 49.8 Å². The van der Waals surface area contributed by atoms with E-state index in [2.05, 4.69) is 15.9 Å². The summed E-state index contributed by atoms with van der Waals surface area (Å²) < 4.78 is 6.15. The van der Waals surface area contributed by atoms with Crippen molar-refractivity contribution in [3.8, 4) is 5.75 Å². The van der Waals surface area contributed by atoms with Gasteiger partial charge in [-0.2, -0.15) is 0 Å². The molecule has 5 heteroatoms. The van der Waals surface area contributed by atoms with Gasteiger partial charge in [0, 0.05) is 29.7 Å². The smallest absolute Gasteiger partial charge is 0.246 e. The van der Waals surface area contributed by atoms with Crippen LogP contribution in [0.5, 0.6) is 5.75 Å². The number of aliphatic hydroxyl groups is 1. The van der Waals surface area contributed by atoms with E-state index in [0.717, 1.165) is 10.0 Å². The van der Waals surface area contributed by atoms with Crippen molar-refractivity contribution in [3.05, 3.63) is 34.3 Å². The Labute approximate surface area is 128 Å². The molecular formula is C15H20BrNO3. The van der Waals surface area contributed by atoms with Crippen LogP contribution in [0.1, 0.15) is 19.4 Å². The third kappa shape index (κ3) is 5.35. The molecule has 0 aliphatic rings. The lowest BCUT2D eigenvalue weighted by molar-refractivity contribution is -0.127. The van der Waals surface area contributed by atoms with Crippen molar-refractivity contribution in [3.63, 3.8) is 0 Å². The number of hydrogen-bond donors (Lipinski definition) is 1. The first-order valence-electron chi connectivity index (χ1n) is 6.22. The minimum atomic E-state index is -0.911. The van der Waals surface area contributed by atoms with Crippen molar-refractivity contribution in [1.29, 1.82) is 0 Å². The quantitative estimate of drug-likeness (QED) is 0.837. The summed E-state index contributed by atoms with van der Waals surface area (Å²) in [6.07, 6.45) is 3.17. The summed E-state index contributed by atoms with van der Waals surface area (Å²) in [4.78, 5) is 13.4. The lowest BCUT2D eigenvalue weighted by Crippen LogP contribution is -2.38. The Kier molecular flexibility index (Phi) is 5.77. The zero-order chi connectivity index (χ0) is 15.3. The fourth-order valence-corrected chi connectivity index (χ4v) is 2.16. The van der Waals surface area contributed by atoms with E-state index in [1.807, 2.05) is 18.2 Å². The Morgan fingerprint density at radius 3 is 2.70 bits per heavy atom. The molecule has 20 heavy (non-hydrogen) atoms. The Morgan fingerprint density at radius 1 is 1.50 bits per heavy atom. The van der Waals surface area contributed by atoms with Gasteiger partial charge in [-0.3, -0.25) is 4.79 Å². The maximum absolute atomic E-state index is 12.0. The van der Waals surface area contributed by atoms with E-state index >= 15 is 0 Å². The molecule has 0 spiro atoms. The Bertz CT molecular complexity index is 506. The summed E-state index contributed by atoms with van der Waals surface area (Å²) in [7, 11) is 3.24. The largest absolute Gasteiger partial charge is 0.496 e. The van der Waals surface area contributed by atoms with Gasteiger partial charge in [-0.15, -0.1) is 0 Å². The monoisotopic (exact) mass is 341 g/mol. The van der Waals surface area contributed by atoms with Gasteiger partial charge in [0.2, 0.25) is 5.91 Å². The third-order valence-electron chi connectivity index (χ3n) is 2.60. The van der Waals surface area contributed by atoms with Crippen molar-refractivity contribution in [2.45, 2.75) is 19.4 Å². The molecule has 0 aliphatic heterocycles. The van der Waals surface area contributed by atoms with Crippen molar-refractivity contribution >= 4 is 27.9 Å². The molecule has 1 N–H and O–H groups in total. The maximum Gasteiger partial charge on any atom is 0.246 e. The molecule has 4 nitrogen and oxygen atoms in total. The molecule has 0 saturated carbocycles. The number of amides is 1. The molecule has 0 radical (unpaired) electrons. The first-order valence-corrected chi connectivity index (χ1v) is 7.01. The first kappa shape index (κ1) is 16.7. The minimum Gasteiger partial charge on any atom is -0.496 e. The highest BCUT2D eigenvalue weighted by Gasteiger charge is 2.17. The van der Waals surface area contributed by atoms with Crippen molar-refractivity contribution in [2.24, 2.45) is 0 Å². The van der Waals surface area contributed by atoms with E-state index in [9.17, 15) is 9.90 Å². The lowest BCUT2D eigenvalue weighted by atomic mass is 10.1. The number of carbonyl (C=O) groups is 1. The molecule has 0 aliphatic carbocycles. The van der Waals surface area contributed by atoms with Gasteiger partial charge in [-0.1, -0.05) is 15.9 Å². The summed E-state index contributed by atoms with van der Waals surface area (Å²) in [5.41, 5.74) is -0.0991. The number of ether oxygens (including phenoxy) is 1. The number of hydrogen-bond acceptors (Lipinski definition) is 3. The second kappa shape index (κ2) is 6.90. The van der Waals surface area contributed by atoms with Gasteiger partial charge in [0.05, 0.1) is 12.7 Å². The predicted octanol–water partition coefficient (Wildman–Crippen LogP) is 2.70. The minimum absolute atomic E-state index is 0.172. The molecule has 0 fully saturated rings. The van der Waals surface area contributed by atoms with E-state index in [0.29, 0.717) is 5.75 Å². The van der Waals surface area contributed by atoms with Crippen LogP contribution in [0.4, 0.5) is 0 Å². The standard InChI is InChI=1S/C15H20BrNO3/c1-15(2,19)10-17(3)14(18)8-5-11-9-12(16)6-7-13(11)20-4/h5-9,19H,10H2,1-4H3.